The van der Waals surface area contributed by atoms with Crippen molar-refractivity contribution < 1.29 is 14.3 Å². The van der Waals surface area contributed by atoms with Gasteiger partial charge in [0.2, 0.25) is 5.91 Å². The summed E-state index contributed by atoms with van der Waals surface area (Å²) in [6.07, 6.45) is 2.99. The summed E-state index contributed by atoms with van der Waals surface area (Å²) in [6.45, 7) is 1.42. The Hall–Kier alpha value is -2.18. The predicted molar refractivity (Wildman–Crippen MR) is 87.8 cm³/mol. The summed E-state index contributed by atoms with van der Waals surface area (Å²) in [6, 6.07) is 5.20. The number of amides is 1. The molecule has 2 aromatic rings. The van der Waals surface area contributed by atoms with E-state index in [9.17, 15) is 9.59 Å². The number of ketones is 1. The number of hydrogen-bond donors (Lipinski definition) is 1. The molecule has 5 nitrogen and oxygen atoms in total. The van der Waals surface area contributed by atoms with Crippen molar-refractivity contribution in [2.24, 2.45) is 0 Å². The Kier molecular flexibility index (Phi) is 5.30. The molecule has 22 heavy (non-hydrogen) atoms. The third kappa shape index (κ3) is 4.16. The van der Waals surface area contributed by atoms with E-state index in [0.29, 0.717) is 21.6 Å². The van der Waals surface area contributed by atoms with Crippen LogP contribution < -0.4 is 10.1 Å². The number of carbonyl (C=O) groups excluding carboxylic acids is 2. The molecular formula is C15H13ClN2O3S. The summed E-state index contributed by atoms with van der Waals surface area (Å²) < 4.78 is 5.06. The fourth-order valence-corrected chi connectivity index (χ4v) is 2.62. The summed E-state index contributed by atoms with van der Waals surface area (Å²) in [7, 11) is 1.54. The standard InChI is InChI=1S/C15H13ClN2O3S/c1-9(19)12-8-22-15(17-12)18-14(20)6-4-10-3-5-13(21-2)11(16)7-10/h3-8H,1-2H3,(H,17,18,20). The molecule has 0 aliphatic carbocycles. The number of methoxy groups -OCH3 is 1. The Balaban J connectivity index is 2.01. The maximum atomic E-state index is 11.8. The van der Waals surface area contributed by atoms with E-state index in [-0.39, 0.29) is 11.7 Å². The van der Waals surface area contributed by atoms with Crippen molar-refractivity contribution >= 4 is 45.8 Å². The molecule has 0 spiro atoms. The Morgan fingerprint density at radius 3 is 2.77 bits per heavy atom. The number of ether oxygens (including phenoxy) is 1. The van der Waals surface area contributed by atoms with Gasteiger partial charge in [-0.1, -0.05) is 17.7 Å². The molecule has 0 saturated heterocycles. The lowest BCUT2D eigenvalue weighted by atomic mass is 10.2. The van der Waals surface area contributed by atoms with Crippen molar-refractivity contribution in [3.05, 3.63) is 45.9 Å². The number of carbonyl (C=O) groups is 2. The molecule has 1 heterocycles. The van der Waals surface area contributed by atoms with Gasteiger partial charge in [-0.15, -0.1) is 11.3 Å². The molecule has 0 bridgehead atoms. The van der Waals surface area contributed by atoms with Crippen molar-refractivity contribution in [2.75, 3.05) is 12.4 Å². The van der Waals surface area contributed by atoms with Gasteiger partial charge < -0.3 is 4.74 Å². The number of Topliss-reactive ketones (excluding diaryl/α,β-unsaturated/α-hetero) is 1. The topological polar surface area (TPSA) is 68.3 Å². The highest BCUT2D eigenvalue weighted by atomic mass is 35.5. The van der Waals surface area contributed by atoms with Gasteiger partial charge in [0.15, 0.2) is 10.9 Å². The smallest absolute Gasteiger partial charge is 0.250 e. The first-order valence-electron chi connectivity index (χ1n) is 6.28. The first-order chi connectivity index (χ1) is 10.5. The average molecular weight is 337 g/mol. The highest BCUT2D eigenvalue weighted by Gasteiger charge is 2.07. The fraction of sp³-hybridized carbons (Fsp3) is 0.133. The largest absolute Gasteiger partial charge is 0.495 e. The van der Waals surface area contributed by atoms with Crippen LogP contribution in [-0.2, 0) is 4.79 Å². The number of halogens is 1. The Morgan fingerprint density at radius 1 is 1.41 bits per heavy atom. The molecule has 114 valence electrons. The van der Waals surface area contributed by atoms with E-state index in [1.54, 1.807) is 29.7 Å². The molecule has 0 fully saturated rings. The van der Waals surface area contributed by atoms with Crippen LogP contribution in [0.25, 0.3) is 6.08 Å². The molecule has 0 unspecified atom stereocenters. The van der Waals surface area contributed by atoms with Gasteiger partial charge in [-0.2, -0.15) is 0 Å². The predicted octanol–water partition coefficient (Wildman–Crippen LogP) is 3.66. The summed E-state index contributed by atoms with van der Waals surface area (Å²) in [5.74, 6) is 0.0966. The van der Waals surface area contributed by atoms with Crippen LogP contribution in [0.1, 0.15) is 23.0 Å². The summed E-state index contributed by atoms with van der Waals surface area (Å²) in [5, 5.41) is 5.05. The summed E-state index contributed by atoms with van der Waals surface area (Å²) in [4.78, 5) is 26.9. The first-order valence-corrected chi connectivity index (χ1v) is 7.54. The van der Waals surface area contributed by atoms with Gasteiger partial charge >= 0.3 is 0 Å². The highest BCUT2D eigenvalue weighted by Crippen LogP contribution is 2.25. The number of nitrogens with one attached hydrogen (secondary N) is 1. The van der Waals surface area contributed by atoms with Gasteiger partial charge in [0.25, 0.3) is 0 Å². The molecule has 0 aliphatic heterocycles. The van der Waals surface area contributed by atoms with Gasteiger partial charge in [-0.05, 0) is 23.8 Å². The average Bonchev–Trinajstić information content (AvgIpc) is 2.94. The third-order valence-electron chi connectivity index (χ3n) is 2.70. The number of thiazole rings is 1. The zero-order chi connectivity index (χ0) is 16.1. The molecule has 1 aromatic heterocycles. The summed E-state index contributed by atoms with van der Waals surface area (Å²) >= 11 is 7.21. The lowest BCUT2D eigenvalue weighted by Gasteiger charge is -2.03. The minimum Gasteiger partial charge on any atom is -0.495 e. The van der Waals surface area contributed by atoms with Gasteiger partial charge in [0, 0.05) is 18.4 Å². The molecule has 2 rings (SSSR count). The normalized spacial score (nSPS) is 10.7. The van der Waals surface area contributed by atoms with Crippen LogP contribution in [0.5, 0.6) is 5.75 Å². The first kappa shape index (κ1) is 16.2. The van der Waals surface area contributed by atoms with Crippen LogP contribution in [0.2, 0.25) is 5.02 Å². The minimum absolute atomic E-state index is 0.139. The second-order valence-corrected chi connectivity index (χ2v) is 5.58. The molecule has 0 atom stereocenters. The van der Waals surface area contributed by atoms with Gasteiger partial charge in [0.1, 0.15) is 11.4 Å². The molecule has 0 saturated carbocycles. The van der Waals surface area contributed by atoms with Crippen LogP contribution in [0.3, 0.4) is 0 Å². The fourth-order valence-electron chi connectivity index (χ4n) is 1.60. The molecule has 0 aliphatic rings. The van der Waals surface area contributed by atoms with Crippen LogP contribution in [0.15, 0.2) is 29.7 Å². The maximum absolute atomic E-state index is 11.8. The molecule has 1 aromatic carbocycles. The Morgan fingerprint density at radius 2 is 2.18 bits per heavy atom. The van der Waals surface area contributed by atoms with Gasteiger partial charge in [-0.3, -0.25) is 14.9 Å². The second kappa shape index (κ2) is 7.20. The number of benzene rings is 1. The van der Waals surface area contributed by atoms with Crippen LogP contribution in [-0.4, -0.2) is 23.8 Å². The lowest BCUT2D eigenvalue weighted by molar-refractivity contribution is -0.111. The number of hydrogen-bond acceptors (Lipinski definition) is 5. The third-order valence-corrected chi connectivity index (χ3v) is 3.75. The second-order valence-electron chi connectivity index (χ2n) is 4.31. The number of nitrogens with zero attached hydrogens (tertiary/aromatic N) is 1. The number of rotatable bonds is 5. The zero-order valence-electron chi connectivity index (χ0n) is 11.9. The maximum Gasteiger partial charge on any atom is 0.250 e. The molecule has 1 N–H and O–H groups in total. The van der Waals surface area contributed by atoms with Gasteiger partial charge in [-0.25, -0.2) is 4.98 Å². The number of aromatic nitrogens is 1. The van der Waals surface area contributed by atoms with Crippen LogP contribution >= 0.6 is 22.9 Å². The van der Waals surface area contributed by atoms with E-state index in [4.69, 9.17) is 16.3 Å². The van der Waals surface area contributed by atoms with Crippen LogP contribution in [0, 0.1) is 0 Å². The van der Waals surface area contributed by atoms with E-state index >= 15 is 0 Å². The molecular weight excluding hydrogens is 324 g/mol. The van der Waals surface area contributed by atoms with Crippen molar-refractivity contribution in [3.63, 3.8) is 0 Å². The zero-order valence-corrected chi connectivity index (χ0v) is 13.5. The molecule has 0 radical (unpaired) electrons. The van der Waals surface area contributed by atoms with E-state index in [2.05, 4.69) is 10.3 Å². The summed E-state index contributed by atoms with van der Waals surface area (Å²) in [5.41, 5.74) is 1.11. The van der Waals surface area contributed by atoms with Crippen molar-refractivity contribution in [1.29, 1.82) is 0 Å². The molecule has 7 heteroatoms. The highest BCUT2D eigenvalue weighted by molar-refractivity contribution is 7.14. The Labute approximate surface area is 136 Å². The lowest BCUT2D eigenvalue weighted by Crippen LogP contribution is -2.07. The van der Waals surface area contributed by atoms with E-state index in [1.807, 2.05) is 0 Å². The van der Waals surface area contributed by atoms with Gasteiger partial charge in [0.05, 0.1) is 12.1 Å². The van der Waals surface area contributed by atoms with Crippen molar-refractivity contribution in [1.82, 2.24) is 4.98 Å². The Bertz CT molecular complexity index is 740. The van der Waals surface area contributed by atoms with E-state index < -0.39 is 0 Å². The van der Waals surface area contributed by atoms with Crippen LogP contribution in [0.4, 0.5) is 5.13 Å². The van der Waals surface area contributed by atoms with Crippen molar-refractivity contribution in [2.45, 2.75) is 6.92 Å². The SMILES string of the molecule is COc1ccc(C=CC(=O)Nc2nc(C(C)=O)cs2)cc1Cl. The minimum atomic E-state index is -0.337. The molecule has 1 amide bonds. The van der Waals surface area contributed by atoms with E-state index in [0.717, 1.165) is 5.56 Å². The van der Waals surface area contributed by atoms with Crippen molar-refractivity contribution in [3.8, 4) is 5.75 Å². The quantitative estimate of drug-likeness (QED) is 0.668. The van der Waals surface area contributed by atoms with E-state index in [1.165, 1.54) is 31.4 Å². The number of anilines is 1. The monoisotopic (exact) mass is 336 g/mol.